The van der Waals surface area contributed by atoms with E-state index in [-0.39, 0.29) is 24.4 Å². The fraction of sp³-hybridized carbons (Fsp3) is 0.391. The average molecular weight is 429 g/mol. The van der Waals surface area contributed by atoms with Crippen molar-refractivity contribution >= 4 is 34.8 Å². The predicted molar refractivity (Wildman–Crippen MR) is 122 cm³/mol. The Labute approximate surface area is 183 Å². The van der Waals surface area contributed by atoms with Gasteiger partial charge in [-0.1, -0.05) is 41.9 Å². The Balaban J connectivity index is 1.47. The van der Waals surface area contributed by atoms with Crippen LogP contribution in [-0.2, 0) is 9.59 Å². The summed E-state index contributed by atoms with van der Waals surface area (Å²) in [6, 6.07) is 13.4. The monoisotopic (exact) mass is 428 g/mol. The summed E-state index contributed by atoms with van der Waals surface area (Å²) < 4.78 is 0. The molecular weight excluding hydrogens is 400 g/mol. The van der Waals surface area contributed by atoms with Gasteiger partial charge in [0.15, 0.2) is 0 Å². The minimum Gasteiger partial charge on any atom is -0.368 e. The number of halogens is 1. The highest BCUT2D eigenvalue weighted by molar-refractivity contribution is 6.33. The summed E-state index contributed by atoms with van der Waals surface area (Å²) in [6.07, 6.45) is 0. The lowest BCUT2D eigenvalue weighted by atomic mass is 10.1. The molecule has 0 aromatic heterocycles. The fourth-order valence-electron chi connectivity index (χ4n) is 3.73. The first-order chi connectivity index (χ1) is 14.4. The van der Waals surface area contributed by atoms with E-state index in [1.165, 1.54) is 0 Å². The third kappa shape index (κ3) is 5.32. The van der Waals surface area contributed by atoms with Gasteiger partial charge in [-0.05, 0) is 44.0 Å². The van der Waals surface area contributed by atoms with Gasteiger partial charge in [0.1, 0.15) is 0 Å². The molecule has 0 unspecified atom stereocenters. The summed E-state index contributed by atoms with van der Waals surface area (Å²) in [5, 5.41) is 6.40. The second-order valence-electron chi connectivity index (χ2n) is 7.68. The van der Waals surface area contributed by atoms with Crippen LogP contribution in [-0.4, -0.2) is 55.5 Å². The van der Waals surface area contributed by atoms with Crippen molar-refractivity contribution in [3.63, 3.8) is 0 Å². The van der Waals surface area contributed by atoms with Gasteiger partial charge in [0, 0.05) is 31.9 Å². The summed E-state index contributed by atoms with van der Waals surface area (Å²) in [5.41, 5.74) is 3.83. The first-order valence-corrected chi connectivity index (χ1v) is 10.6. The number of carbonyl (C=O) groups excluding carboxylic acids is 2. The molecule has 2 N–H and O–H groups in total. The molecule has 1 heterocycles. The topological polar surface area (TPSA) is 64.7 Å². The minimum absolute atomic E-state index is 0.0451. The molecule has 2 aromatic carbocycles. The van der Waals surface area contributed by atoms with Crippen LogP contribution in [0.4, 0.5) is 11.4 Å². The average Bonchev–Trinajstić information content (AvgIpc) is 2.75. The van der Waals surface area contributed by atoms with E-state index in [9.17, 15) is 9.59 Å². The van der Waals surface area contributed by atoms with Crippen LogP contribution in [0.3, 0.4) is 0 Å². The van der Waals surface area contributed by atoms with E-state index in [2.05, 4.69) is 20.4 Å². The molecule has 1 aliphatic heterocycles. The molecule has 0 bridgehead atoms. The number of nitrogens with one attached hydrogen (secondary N) is 2. The van der Waals surface area contributed by atoms with Crippen molar-refractivity contribution < 1.29 is 9.59 Å². The second-order valence-corrected chi connectivity index (χ2v) is 8.09. The first-order valence-electron chi connectivity index (χ1n) is 10.2. The lowest BCUT2D eigenvalue weighted by molar-refractivity contribution is -0.128. The lowest BCUT2D eigenvalue weighted by Crippen LogP contribution is -2.54. The van der Waals surface area contributed by atoms with Crippen LogP contribution in [0, 0.1) is 13.8 Å². The molecule has 2 aromatic rings. The summed E-state index contributed by atoms with van der Waals surface area (Å²) in [7, 11) is 0. The van der Waals surface area contributed by atoms with Gasteiger partial charge >= 0.3 is 0 Å². The Kier molecular flexibility index (Phi) is 7.34. The molecule has 30 heavy (non-hydrogen) atoms. The van der Waals surface area contributed by atoms with E-state index < -0.39 is 0 Å². The SMILES string of the molecule is Cc1cccc(C)c1NC(=O)CNC(=O)[C@H](C)N1CCN(c2ccccc2Cl)CC1. The maximum atomic E-state index is 12.6. The van der Waals surface area contributed by atoms with Gasteiger partial charge in [-0.3, -0.25) is 14.5 Å². The van der Waals surface area contributed by atoms with Crippen molar-refractivity contribution in [3.05, 3.63) is 58.6 Å². The smallest absolute Gasteiger partial charge is 0.243 e. The number of hydrogen-bond donors (Lipinski definition) is 2. The third-order valence-corrected chi connectivity index (χ3v) is 5.92. The molecule has 0 spiro atoms. The van der Waals surface area contributed by atoms with Crippen LogP contribution in [0.15, 0.2) is 42.5 Å². The van der Waals surface area contributed by atoms with Gasteiger partial charge in [0.2, 0.25) is 11.8 Å². The molecular formula is C23H29ClN4O2. The number of anilines is 2. The number of benzene rings is 2. The highest BCUT2D eigenvalue weighted by atomic mass is 35.5. The predicted octanol–water partition coefficient (Wildman–Crippen LogP) is 3.22. The quantitative estimate of drug-likeness (QED) is 0.741. The van der Waals surface area contributed by atoms with Crippen molar-refractivity contribution in [1.82, 2.24) is 10.2 Å². The summed E-state index contributed by atoms with van der Waals surface area (Å²) >= 11 is 6.30. The number of rotatable bonds is 6. The van der Waals surface area contributed by atoms with Crippen molar-refractivity contribution in [2.45, 2.75) is 26.8 Å². The van der Waals surface area contributed by atoms with Crippen molar-refractivity contribution in [3.8, 4) is 0 Å². The second kappa shape index (κ2) is 9.96. The maximum absolute atomic E-state index is 12.6. The molecule has 1 saturated heterocycles. The molecule has 2 amide bonds. The van der Waals surface area contributed by atoms with E-state index in [0.29, 0.717) is 0 Å². The normalized spacial score (nSPS) is 15.5. The number of aryl methyl sites for hydroxylation is 2. The molecule has 7 heteroatoms. The molecule has 6 nitrogen and oxygen atoms in total. The number of para-hydroxylation sites is 2. The standard InChI is InChI=1S/C23H29ClN4O2/c1-16-7-6-8-17(2)22(16)26-21(29)15-25-23(30)18(3)27-11-13-28(14-12-27)20-10-5-4-9-19(20)24/h4-10,18H,11-15H2,1-3H3,(H,25,30)(H,26,29)/t18-/m0/s1. The van der Waals surface area contributed by atoms with E-state index in [4.69, 9.17) is 11.6 Å². The Morgan fingerprint density at radius 3 is 2.27 bits per heavy atom. The van der Waals surface area contributed by atoms with Crippen molar-refractivity contribution in [2.75, 3.05) is 42.9 Å². The van der Waals surface area contributed by atoms with Crippen molar-refractivity contribution in [2.24, 2.45) is 0 Å². The Bertz CT molecular complexity index is 890. The zero-order chi connectivity index (χ0) is 21.7. The molecule has 1 fully saturated rings. The van der Waals surface area contributed by atoms with Gasteiger partial charge in [0.05, 0.1) is 23.3 Å². The lowest BCUT2D eigenvalue weighted by Gasteiger charge is -2.38. The van der Waals surface area contributed by atoms with Crippen LogP contribution >= 0.6 is 11.6 Å². The Morgan fingerprint density at radius 2 is 1.63 bits per heavy atom. The van der Waals surface area contributed by atoms with E-state index in [1.807, 2.05) is 63.2 Å². The summed E-state index contributed by atoms with van der Waals surface area (Å²) in [5.74, 6) is -0.366. The molecule has 0 aliphatic carbocycles. The molecule has 3 rings (SSSR count). The number of piperazine rings is 1. The number of hydrogen-bond acceptors (Lipinski definition) is 4. The van der Waals surface area contributed by atoms with Crippen LogP contribution in [0.25, 0.3) is 0 Å². The largest absolute Gasteiger partial charge is 0.368 e. The Hall–Kier alpha value is -2.57. The molecule has 0 saturated carbocycles. The molecule has 160 valence electrons. The van der Waals surface area contributed by atoms with Gasteiger partial charge < -0.3 is 15.5 Å². The number of nitrogens with zero attached hydrogens (tertiary/aromatic N) is 2. The molecule has 1 atom stereocenters. The van der Waals surface area contributed by atoms with Crippen molar-refractivity contribution in [1.29, 1.82) is 0 Å². The maximum Gasteiger partial charge on any atom is 0.243 e. The van der Waals surface area contributed by atoms with E-state index >= 15 is 0 Å². The van der Waals surface area contributed by atoms with Crippen LogP contribution in [0.2, 0.25) is 5.02 Å². The fourth-order valence-corrected chi connectivity index (χ4v) is 3.99. The van der Waals surface area contributed by atoms with Crippen LogP contribution in [0.5, 0.6) is 0 Å². The summed E-state index contributed by atoms with van der Waals surface area (Å²) in [4.78, 5) is 29.2. The van der Waals surface area contributed by atoms with Crippen LogP contribution < -0.4 is 15.5 Å². The number of carbonyl (C=O) groups is 2. The van der Waals surface area contributed by atoms with Gasteiger partial charge in [0.25, 0.3) is 0 Å². The first kappa shape index (κ1) is 22.1. The zero-order valence-electron chi connectivity index (χ0n) is 17.7. The zero-order valence-corrected chi connectivity index (χ0v) is 18.5. The molecule has 0 radical (unpaired) electrons. The highest BCUT2D eigenvalue weighted by Gasteiger charge is 2.26. The minimum atomic E-state index is -0.300. The highest BCUT2D eigenvalue weighted by Crippen LogP contribution is 2.26. The van der Waals surface area contributed by atoms with Gasteiger partial charge in [-0.25, -0.2) is 0 Å². The van der Waals surface area contributed by atoms with E-state index in [0.717, 1.165) is 53.7 Å². The van der Waals surface area contributed by atoms with Crippen LogP contribution in [0.1, 0.15) is 18.1 Å². The van der Waals surface area contributed by atoms with Gasteiger partial charge in [-0.2, -0.15) is 0 Å². The Morgan fingerprint density at radius 1 is 1.00 bits per heavy atom. The van der Waals surface area contributed by atoms with Gasteiger partial charge in [-0.15, -0.1) is 0 Å². The summed E-state index contributed by atoms with van der Waals surface area (Å²) in [6.45, 7) is 8.85. The third-order valence-electron chi connectivity index (χ3n) is 5.60. The number of amides is 2. The van der Waals surface area contributed by atoms with E-state index in [1.54, 1.807) is 0 Å². The molecule has 1 aliphatic rings.